The first-order valence-electron chi connectivity index (χ1n) is 12.6. The molecular formula is C26H36Cl2N6O2. The lowest BCUT2D eigenvalue weighted by atomic mass is 9.96. The van der Waals surface area contributed by atoms with Crippen molar-refractivity contribution in [2.24, 2.45) is 5.92 Å². The number of hydrogen-bond donors (Lipinski definition) is 2. The Morgan fingerprint density at radius 1 is 1.00 bits per heavy atom. The fourth-order valence-electron chi connectivity index (χ4n) is 5.45. The van der Waals surface area contributed by atoms with Crippen LogP contribution in [0.5, 0.6) is 0 Å². The van der Waals surface area contributed by atoms with Crippen molar-refractivity contribution in [3.63, 3.8) is 0 Å². The summed E-state index contributed by atoms with van der Waals surface area (Å²) < 4.78 is 0. The third-order valence-corrected chi connectivity index (χ3v) is 7.11. The number of para-hydroxylation sites is 1. The number of carbonyl (C=O) groups is 2. The van der Waals surface area contributed by atoms with Gasteiger partial charge < -0.3 is 20.4 Å². The molecule has 2 aromatic rings. The van der Waals surface area contributed by atoms with Gasteiger partial charge in [-0.05, 0) is 75.5 Å². The van der Waals surface area contributed by atoms with Crippen LogP contribution in [0.4, 0.5) is 22.0 Å². The average molecular weight is 536 g/mol. The Morgan fingerprint density at radius 3 is 2.61 bits per heavy atom. The summed E-state index contributed by atoms with van der Waals surface area (Å²) in [6, 6.07) is 10.4. The van der Waals surface area contributed by atoms with Gasteiger partial charge in [-0.3, -0.25) is 4.79 Å². The van der Waals surface area contributed by atoms with Crippen molar-refractivity contribution < 1.29 is 9.59 Å². The maximum absolute atomic E-state index is 13.4. The Bertz CT molecular complexity index is 1030. The fourth-order valence-corrected chi connectivity index (χ4v) is 5.45. The largest absolute Gasteiger partial charge is 0.336 e. The number of nitrogens with one attached hydrogen (secondary N) is 2. The number of urea groups is 1. The molecule has 1 aromatic heterocycles. The minimum absolute atomic E-state index is 0. The molecule has 1 aromatic carbocycles. The van der Waals surface area contributed by atoms with Crippen LogP contribution in [-0.4, -0.2) is 72.5 Å². The van der Waals surface area contributed by atoms with Gasteiger partial charge in [0, 0.05) is 32.4 Å². The van der Waals surface area contributed by atoms with Gasteiger partial charge in [0.25, 0.3) is 5.91 Å². The molecule has 8 nitrogen and oxygen atoms in total. The number of anilines is 3. The van der Waals surface area contributed by atoms with Gasteiger partial charge in [0.1, 0.15) is 0 Å². The Balaban J connectivity index is 0.00000180. The lowest BCUT2D eigenvalue weighted by Crippen LogP contribution is -2.46. The molecule has 1 unspecified atom stereocenters. The molecule has 10 heteroatoms. The molecule has 196 valence electrons. The zero-order valence-corrected chi connectivity index (χ0v) is 22.2. The lowest BCUT2D eigenvalue weighted by molar-refractivity contribution is 0.102. The second kappa shape index (κ2) is 13.2. The minimum atomic E-state index is -0.272. The number of fused-ring (bicyclic) bond motifs is 2. The van der Waals surface area contributed by atoms with Gasteiger partial charge >= 0.3 is 6.03 Å². The van der Waals surface area contributed by atoms with E-state index in [1.54, 1.807) is 36.5 Å². The topological polar surface area (TPSA) is 80.8 Å². The van der Waals surface area contributed by atoms with Gasteiger partial charge in [-0.1, -0.05) is 18.6 Å². The monoisotopic (exact) mass is 534 g/mol. The first-order valence-corrected chi connectivity index (χ1v) is 12.6. The second-order valence-electron chi connectivity index (χ2n) is 9.58. The van der Waals surface area contributed by atoms with Crippen LogP contribution in [0.2, 0.25) is 0 Å². The van der Waals surface area contributed by atoms with Crippen LogP contribution in [0, 0.1) is 5.92 Å². The molecule has 2 fully saturated rings. The molecule has 3 aliphatic rings. The van der Waals surface area contributed by atoms with E-state index in [4.69, 9.17) is 0 Å². The standard InChI is InChI=1S/C26H34N6O2.2ClH/c33-25-21-9-2-3-11-23(21)32(24-22(29-25)10-6-12-27-24)26(34)28-13-17-31-16-7-8-20(19-31)18-30-14-4-1-5-15-30;;/h2-3,6,9-12,20H,1,4-5,7-8,13-19H2,(H,28,34)(H,29,33);2*1H. The molecule has 2 N–H and O–H groups in total. The molecule has 4 heterocycles. The molecule has 0 aliphatic carbocycles. The summed E-state index contributed by atoms with van der Waals surface area (Å²) in [6.45, 7) is 7.26. The van der Waals surface area contributed by atoms with E-state index < -0.39 is 0 Å². The average Bonchev–Trinajstić information content (AvgIpc) is 2.99. The molecule has 3 amide bonds. The van der Waals surface area contributed by atoms with Crippen LogP contribution in [0.25, 0.3) is 0 Å². The highest BCUT2D eigenvalue weighted by Gasteiger charge is 2.30. The molecule has 1 atom stereocenters. The molecule has 5 rings (SSSR count). The van der Waals surface area contributed by atoms with Crippen molar-refractivity contribution in [2.45, 2.75) is 32.1 Å². The van der Waals surface area contributed by atoms with Crippen molar-refractivity contribution in [1.29, 1.82) is 0 Å². The SMILES string of the molecule is Cl.Cl.O=C1Nc2cccnc2N(C(=O)NCCN2CCCC(CN3CCCCC3)C2)c2ccccc21. The lowest BCUT2D eigenvalue weighted by Gasteiger charge is -2.37. The third-order valence-electron chi connectivity index (χ3n) is 7.11. The summed E-state index contributed by atoms with van der Waals surface area (Å²) in [5.41, 5.74) is 1.51. The van der Waals surface area contributed by atoms with Crippen molar-refractivity contribution in [2.75, 3.05) is 56.0 Å². The van der Waals surface area contributed by atoms with E-state index in [0.29, 0.717) is 35.2 Å². The number of amides is 3. The van der Waals surface area contributed by atoms with Crippen molar-refractivity contribution in [3.8, 4) is 0 Å². The van der Waals surface area contributed by atoms with E-state index in [0.717, 1.165) is 19.6 Å². The molecule has 0 saturated carbocycles. The number of carbonyl (C=O) groups excluding carboxylic acids is 2. The number of likely N-dealkylation sites (tertiary alicyclic amines) is 2. The van der Waals surface area contributed by atoms with Crippen LogP contribution in [-0.2, 0) is 0 Å². The fraction of sp³-hybridized carbons (Fsp3) is 0.500. The number of aromatic nitrogens is 1. The van der Waals surface area contributed by atoms with Crippen LogP contribution in [0.3, 0.4) is 0 Å². The minimum Gasteiger partial charge on any atom is -0.336 e. The number of hydrogen-bond acceptors (Lipinski definition) is 5. The molecule has 2 saturated heterocycles. The molecule has 0 spiro atoms. The van der Waals surface area contributed by atoms with Gasteiger partial charge in [-0.2, -0.15) is 0 Å². The maximum atomic E-state index is 13.4. The molecular weight excluding hydrogens is 499 g/mol. The number of pyridine rings is 1. The summed E-state index contributed by atoms with van der Waals surface area (Å²) in [5, 5.41) is 5.95. The first-order chi connectivity index (χ1) is 16.7. The van der Waals surface area contributed by atoms with E-state index in [1.165, 1.54) is 56.6 Å². The van der Waals surface area contributed by atoms with Gasteiger partial charge in [0.2, 0.25) is 0 Å². The third kappa shape index (κ3) is 6.48. The van der Waals surface area contributed by atoms with Gasteiger partial charge in [0.15, 0.2) is 5.82 Å². The Labute approximate surface area is 225 Å². The Morgan fingerprint density at radius 2 is 1.78 bits per heavy atom. The number of rotatable bonds is 5. The molecule has 3 aliphatic heterocycles. The summed E-state index contributed by atoms with van der Waals surface area (Å²) in [7, 11) is 0. The second-order valence-corrected chi connectivity index (χ2v) is 9.58. The van der Waals surface area contributed by atoms with Crippen LogP contribution in [0.15, 0.2) is 42.6 Å². The summed E-state index contributed by atoms with van der Waals surface area (Å²) in [5.74, 6) is 0.902. The first kappa shape index (κ1) is 28.2. The highest BCUT2D eigenvalue weighted by molar-refractivity contribution is 6.16. The molecule has 0 radical (unpaired) electrons. The quantitative estimate of drug-likeness (QED) is 0.588. The van der Waals surface area contributed by atoms with E-state index in [9.17, 15) is 9.59 Å². The van der Waals surface area contributed by atoms with Crippen LogP contribution < -0.4 is 15.5 Å². The molecule has 36 heavy (non-hydrogen) atoms. The Hall–Kier alpha value is -2.39. The predicted molar refractivity (Wildman–Crippen MR) is 148 cm³/mol. The highest BCUT2D eigenvalue weighted by atomic mass is 35.5. The highest BCUT2D eigenvalue weighted by Crippen LogP contribution is 2.36. The van der Waals surface area contributed by atoms with E-state index in [1.807, 2.05) is 6.07 Å². The smallest absolute Gasteiger partial charge is 0.327 e. The summed E-state index contributed by atoms with van der Waals surface area (Å²) in [6.07, 6.45) is 8.20. The summed E-state index contributed by atoms with van der Waals surface area (Å²) >= 11 is 0. The van der Waals surface area contributed by atoms with E-state index >= 15 is 0 Å². The number of nitrogens with zero attached hydrogens (tertiary/aromatic N) is 4. The van der Waals surface area contributed by atoms with Crippen LogP contribution in [0.1, 0.15) is 42.5 Å². The van der Waals surface area contributed by atoms with Crippen molar-refractivity contribution in [1.82, 2.24) is 20.1 Å². The van der Waals surface area contributed by atoms with E-state index in [-0.39, 0.29) is 36.8 Å². The molecule has 0 bridgehead atoms. The van der Waals surface area contributed by atoms with Gasteiger partial charge in [-0.15, -0.1) is 24.8 Å². The Kier molecular flexibility index (Phi) is 10.4. The van der Waals surface area contributed by atoms with E-state index in [2.05, 4.69) is 25.4 Å². The van der Waals surface area contributed by atoms with Crippen LogP contribution >= 0.6 is 24.8 Å². The summed E-state index contributed by atoms with van der Waals surface area (Å²) in [4.78, 5) is 37.1. The van der Waals surface area contributed by atoms with Gasteiger partial charge in [0.05, 0.1) is 16.9 Å². The van der Waals surface area contributed by atoms with Crippen molar-refractivity contribution in [3.05, 3.63) is 48.2 Å². The number of piperidine rings is 2. The predicted octanol–water partition coefficient (Wildman–Crippen LogP) is 4.54. The van der Waals surface area contributed by atoms with Crippen molar-refractivity contribution >= 4 is 53.9 Å². The number of benzene rings is 1. The number of halogens is 2. The zero-order chi connectivity index (χ0) is 23.3. The maximum Gasteiger partial charge on any atom is 0.327 e. The zero-order valence-electron chi connectivity index (χ0n) is 20.5. The normalized spacial score (nSPS) is 20.1. The van der Waals surface area contributed by atoms with Gasteiger partial charge in [-0.25, -0.2) is 14.7 Å².